The molecule has 0 fully saturated rings. The number of nitrogens with zero attached hydrogens (tertiary/aromatic N) is 5. The standard InChI is InChI=1S/C17H14N6O2S/c1-10-7-15(21-16(24)13-9-18-5-6-19-13)23(22-10)17-20-12-4-3-11(25-2)8-14(12)26-17/h3-9H,1-2H3,(H,21,24). The Labute approximate surface area is 152 Å². The molecule has 8 nitrogen and oxygen atoms in total. The lowest BCUT2D eigenvalue weighted by Gasteiger charge is -2.05. The van der Waals surface area contributed by atoms with Crippen LogP contribution in [0.1, 0.15) is 16.2 Å². The minimum absolute atomic E-state index is 0.229. The Morgan fingerprint density at radius 2 is 2.15 bits per heavy atom. The summed E-state index contributed by atoms with van der Waals surface area (Å²) in [6, 6.07) is 7.45. The van der Waals surface area contributed by atoms with E-state index in [1.807, 2.05) is 25.1 Å². The highest BCUT2D eigenvalue weighted by Gasteiger charge is 2.16. The first-order valence-electron chi connectivity index (χ1n) is 7.73. The molecule has 1 amide bonds. The molecule has 9 heteroatoms. The van der Waals surface area contributed by atoms with Crippen molar-refractivity contribution >= 4 is 33.3 Å². The lowest BCUT2D eigenvalue weighted by Crippen LogP contribution is -2.16. The van der Waals surface area contributed by atoms with Crippen LogP contribution in [0.25, 0.3) is 15.3 Å². The summed E-state index contributed by atoms with van der Waals surface area (Å²) in [5.74, 6) is 0.923. The molecule has 3 aromatic heterocycles. The average molecular weight is 366 g/mol. The summed E-state index contributed by atoms with van der Waals surface area (Å²) in [7, 11) is 1.63. The number of aryl methyl sites for hydroxylation is 1. The summed E-state index contributed by atoms with van der Waals surface area (Å²) in [6.07, 6.45) is 4.39. The van der Waals surface area contributed by atoms with Gasteiger partial charge in [0.1, 0.15) is 17.3 Å². The molecule has 1 aromatic carbocycles. The molecule has 0 aliphatic rings. The van der Waals surface area contributed by atoms with E-state index >= 15 is 0 Å². The molecule has 0 spiro atoms. The largest absolute Gasteiger partial charge is 0.497 e. The quantitative estimate of drug-likeness (QED) is 0.597. The Bertz CT molecular complexity index is 1090. The molecule has 0 aliphatic heterocycles. The Balaban J connectivity index is 1.70. The molecule has 0 bridgehead atoms. The van der Waals surface area contributed by atoms with Crippen molar-refractivity contribution < 1.29 is 9.53 Å². The van der Waals surface area contributed by atoms with Crippen LogP contribution in [-0.2, 0) is 0 Å². The highest BCUT2D eigenvalue weighted by molar-refractivity contribution is 7.20. The predicted molar refractivity (Wildman–Crippen MR) is 98.0 cm³/mol. The number of rotatable bonds is 4. The van der Waals surface area contributed by atoms with Crippen molar-refractivity contribution in [2.45, 2.75) is 6.92 Å². The number of aromatic nitrogens is 5. The van der Waals surface area contributed by atoms with Gasteiger partial charge in [-0.3, -0.25) is 9.78 Å². The maximum atomic E-state index is 12.4. The van der Waals surface area contributed by atoms with Gasteiger partial charge in [0, 0.05) is 18.5 Å². The van der Waals surface area contributed by atoms with E-state index in [-0.39, 0.29) is 11.6 Å². The van der Waals surface area contributed by atoms with Crippen LogP contribution in [0, 0.1) is 6.92 Å². The summed E-state index contributed by atoms with van der Waals surface area (Å²) in [6.45, 7) is 1.85. The Morgan fingerprint density at radius 3 is 2.92 bits per heavy atom. The van der Waals surface area contributed by atoms with Crippen LogP contribution in [-0.4, -0.2) is 37.7 Å². The van der Waals surface area contributed by atoms with Gasteiger partial charge < -0.3 is 10.1 Å². The number of ether oxygens (including phenoxy) is 1. The average Bonchev–Trinajstić information content (AvgIpc) is 3.24. The lowest BCUT2D eigenvalue weighted by molar-refractivity contribution is 0.102. The minimum atomic E-state index is -0.359. The van der Waals surface area contributed by atoms with Crippen molar-refractivity contribution in [2.75, 3.05) is 12.4 Å². The number of hydrogen-bond donors (Lipinski definition) is 1. The van der Waals surface area contributed by atoms with Crippen LogP contribution in [0.3, 0.4) is 0 Å². The van der Waals surface area contributed by atoms with Crippen LogP contribution < -0.4 is 10.1 Å². The zero-order valence-corrected chi connectivity index (χ0v) is 14.8. The summed E-state index contributed by atoms with van der Waals surface area (Å²) in [5.41, 5.74) is 1.83. The number of benzene rings is 1. The second-order valence-corrected chi connectivity index (χ2v) is 6.47. The van der Waals surface area contributed by atoms with Gasteiger partial charge in [-0.15, -0.1) is 0 Å². The molecule has 0 atom stereocenters. The molecule has 1 N–H and O–H groups in total. The number of carbonyl (C=O) groups is 1. The normalized spacial score (nSPS) is 10.8. The predicted octanol–water partition coefficient (Wildman–Crippen LogP) is 2.84. The maximum absolute atomic E-state index is 12.4. The molecule has 0 saturated heterocycles. The van der Waals surface area contributed by atoms with Crippen LogP contribution >= 0.6 is 11.3 Å². The molecule has 26 heavy (non-hydrogen) atoms. The first-order valence-corrected chi connectivity index (χ1v) is 8.54. The number of methoxy groups -OCH3 is 1. The van der Waals surface area contributed by atoms with Gasteiger partial charge in [-0.2, -0.15) is 9.78 Å². The third-order valence-corrected chi connectivity index (χ3v) is 4.63. The van der Waals surface area contributed by atoms with Crippen LogP contribution in [0.4, 0.5) is 5.82 Å². The van der Waals surface area contributed by atoms with E-state index in [4.69, 9.17) is 4.74 Å². The molecule has 0 aliphatic carbocycles. The SMILES string of the molecule is COc1ccc2nc(-n3nc(C)cc3NC(=O)c3cnccn3)sc2c1. The summed E-state index contributed by atoms with van der Waals surface area (Å²) < 4.78 is 7.84. The number of anilines is 1. The minimum Gasteiger partial charge on any atom is -0.497 e. The van der Waals surface area contributed by atoms with Crippen LogP contribution in [0.15, 0.2) is 42.9 Å². The first-order chi connectivity index (χ1) is 12.6. The van der Waals surface area contributed by atoms with Gasteiger partial charge in [0.2, 0.25) is 5.13 Å². The number of carbonyl (C=O) groups excluding carboxylic acids is 1. The van der Waals surface area contributed by atoms with E-state index in [0.29, 0.717) is 10.9 Å². The molecule has 4 aromatic rings. The number of hydrogen-bond acceptors (Lipinski definition) is 7. The number of thiazole rings is 1. The first kappa shape index (κ1) is 16.2. The van der Waals surface area contributed by atoms with E-state index < -0.39 is 0 Å². The Morgan fingerprint density at radius 1 is 1.27 bits per heavy atom. The van der Waals surface area contributed by atoms with Crippen molar-refractivity contribution in [3.05, 3.63) is 54.2 Å². The highest BCUT2D eigenvalue weighted by Crippen LogP contribution is 2.30. The second kappa shape index (κ2) is 6.52. The van der Waals surface area contributed by atoms with Gasteiger partial charge in [0.25, 0.3) is 5.91 Å². The van der Waals surface area contributed by atoms with Crippen molar-refractivity contribution in [1.82, 2.24) is 24.7 Å². The molecule has 0 unspecified atom stereocenters. The lowest BCUT2D eigenvalue weighted by atomic mass is 10.3. The van der Waals surface area contributed by atoms with Crippen molar-refractivity contribution in [2.24, 2.45) is 0 Å². The Hall–Kier alpha value is -3.33. The van der Waals surface area contributed by atoms with Gasteiger partial charge in [0.05, 0.1) is 29.2 Å². The van der Waals surface area contributed by atoms with E-state index in [2.05, 4.69) is 25.4 Å². The smallest absolute Gasteiger partial charge is 0.277 e. The zero-order chi connectivity index (χ0) is 18.1. The Kier molecular flexibility index (Phi) is 4.05. The highest BCUT2D eigenvalue weighted by atomic mass is 32.1. The third-order valence-electron chi connectivity index (χ3n) is 3.63. The van der Waals surface area contributed by atoms with Gasteiger partial charge in [-0.25, -0.2) is 9.97 Å². The van der Waals surface area contributed by atoms with Gasteiger partial charge >= 0.3 is 0 Å². The van der Waals surface area contributed by atoms with E-state index in [1.165, 1.54) is 29.9 Å². The van der Waals surface area contributed by atoms with E-state index in [9.17, 15) is 4.79 Å². The topological polar surface area (TPSA) is 94.8 Å². The van der Waals surface area contributed by atoms with E-state index in [1.54, 1.807) is 17.9 Å². The van der Waals surface area contributed by atoms with Gasteiger partial charge in [0.15, 0.2) is 0 Å². The molecular formula is C17H14N6O2S. The fourth-order valence-electron chi connectivity index (χ4n) is 2.44. The number of fused-ring (bicyclic) bond motifs is 1. The third kappa shape index (κ3) is 3.00. The van der Waals surface area contributed by atoms with Crippen LogP contribution in [0.2, 0.25) is 0 Å². The number of nitrogens with one attached hydrogen (secondary N) is 1. The number of amides is 1. The monoisotopic (exact) mass is 366 g/mol. The van der Waals surface area contributed by atoms with E-state index in [0.717, 1.165) is 21.7 Å². The maximum Gasteiger partial charge on any atom is 0.277 e. The summed E-state index contributed by atoms with van der Waals surface area (Å²) in [5, 5.41) is 7.91. The molecule has 0 radical (unpaired) electrons. The molecule has 3 heterocycles. The molecule has 130 valence electrons. The molecule has 4 rings (SSSR count). The fourth-order valence-corrected chi connectivity index (χ4v) is 3.40. The summed E-state index contributed by atoms with van der Waals surface area (Å²) in [4.78, 5) is 24.9. The van der Waals surface area contributed by atoms with Crippen LogP contribution in [0.5, 0.6) is 5.75 Å². The fraction of sp³-hybridized carbons (Fsp3) is 0.118. The van der Waals surface area contributed by atoms with Gasteiger partial charge in [-0.1, -0.05) is 11.3 Å². The molecular weight excluding hydrogens is 352 g/mol. The molecule has 0 saturated carbocycles. The van der Waals surface area contributed by atoms with Crippen molar-refractivity contribution in [3.8, 4) is 10.9 Å². The van der Waals surface area contributed by atoms with Gasteiger partial charge in [-0.05, 0) is 25.1 Å². The van der Waals surface area contributed by atoms with Crippen molar-refractivity contribution in [3.63, 3.8) is 0 Å². The zero-order valence-electron chi connectivity index (χ0n) is 14.0. The second-order valence-electron chi connectivity index (χ2n) is 5.46. The van der Waals surface area contributed by atoms with Crippen molar-refractivity contribution in [1.29, 1.82) is 0 Å². The summed E-state index contributed by atoms with van der Waals surface area (Å²) >= 11 is 1.46.